The molecule has 0 unspecified atom stereocenters. The summed E-state index contributed by atoms with van der Waals surface area (Å²) in [5, 5.41) is 1.10. The zero-order valence-electron chi connectivity index (χ0n) is 10.8. The van der Waals surface area contributed by atoms with Gasteiger partial charge in [0.05, 0.1) is 0 Å². The van der Waals surface area contributed by atoms with Crippen LogP contribution in [-0.4, -0.2) is 41.1 Å². The number of nitrogens with one attached hydrogen (secondary N) is 1. The summed E-state index contributed by atoms with van der Waals surface area (Å²) < 4.78 is 5.74. The molecule has 0 radical (unpaired) electrons. The maximum absolute atomic E-state index is 5.74. The monoisotopic (exact) mass is 233 g/mol. The Morgan fingerprint density at radius 1 is 1.29 bits per heavy atom. The Labute approximate surface area is 102 Å². The third-order valence-corrected chi connectivity index (χ3v) is 3.17. The minimum Gasteiger partial charge on any atom is -0.476 e. The summed E-state index contributed by atoms with van der Waals surface area (Å²) in [6.07, 6.45) is 1.88. The number of pyridine rings is 1. The predicted octanol–water partition coefficient (Wildman–Crippen LogP) is 2.28. The number of rotatable bonds is 4. The topological polar surface area (TPSA) is 41.1 Å². The van der Waals surface area contributed by atoms with E-state index in [1.54, 1.807) is 0 Å². The second kappa shape index (κ2) is 4.37. The number of H-pyrrole nitrogens is 1. The van der Waals surface area contributed by atoms with Crippen LogP contribution < -0.4 is 4.74 Å². The maximum Gasteiger partial charge on any atom is 0.215 e. The zero-order valence-corrected chi connectivity index (χ0v) is 10.8. The fraction of sp³-hybridized carbons (Fsp3) is 0.462. The summed E-state index contributed by atoms with van der Waals surface area (Å²) >= 11 is 0. The summed E-state index contributed by atoms with van der Waals surface area (Å²) in [5.74, 6) is 0.662. The van der Waals surface area contributed by atoms with Gasteiger partial charge in [0.1, 0.15) is 12.3 Å². The van der Waals surface area contributed by atoms with Crippen molar-refractivity contribution < 1.29 is 4.74 Å². The van der Waals surface area contributed by atoms with E-state index in [1.165, 1.54) is 0 Å². The van der Waals surface area contributed by atoms with E-state index in [0.717, 1.165) is 11.0 Å². The third-order valence-electron chi connectivity index (χ3n) is 3.17. The van der Waals surface area contributed by atoms with Crippen molar-refractivity contribution in [3.8, 4) is 5.88 Å². The lowest BCUT2D eigenvalue weighted by atomic mass is 10.1. The molecule has 0 saturated heterocycles. The molecule has 1 N–H and O–H groups in total. The normalized spacial score (nSPS) is 12.3. The molecule has 0 fully saturated rings. The molecule has 0 aliphatic carbocycles. The van der Waals surface area contributed by atoms with Crippen molar-refractivity contribution in [2.45, 2.75) is 19.4 Å². The van der Waals surface area contributed by atoms with E-state index in [-0.39, 0.29) is 5.54 Å². The van der Waals surface area contributed by atoms with Crippen LogP contribution >= 0.6 is 0 Å². The minimum atomic E-state index is -0.00757. The van der Waals surface area contributed by atoms with Crippen LogP contribution in [0.1, 0.15) is 13.8 Å². The number of hydrogen-bond donors (Lipinski definition) is 1. The van der Waals surface area contributed by atoms with Gasteiger partial charge in [-0.05, 0) is 40.1 Å². The van der Waals surface area contributed by atoms with Gasteiger partial charge in [-0.1, -0.05) is 0 Å². The third kappa shape index (κ3) is 2.58. The van der Waals surface area contributed by atoms with Crippen LogP contribution in [0.15, 0.2) is 24.4 Å². The van der Waals surface area contributed by atoms with E-state index in [4.69, 9.17) is 4.74 Å². The Bertz CT molecular complexity index is 502. The first-order chi connectivity index (χ1) is 7.99. The average Bonchev–Trinajstić information content (AvgIpc) is 2.73. The first-order valence-corrected chi connectivity index (χ1v) is 5.73. The Kier molecular flexibility index (Phi) is 3.07. The molecular weight excluding hydrogens is 214 g/mol. The molecule has 2 heterocycles. The number of nitrogens with zero attached hydrogens (tertiary/aromatic N) is 2. The lowest BCUT2D eigenvalue weighted by Gasteiger charge is -2.31. The highest BCUT2D eigenvalue weighted by Crippen LogP contribution is 2.17. The molecule has 2 rings (SSSR count). The molecule has 0 aromatic carbocycles. The highest BCUT2D eigenvalue weighted by atomic mass is 16.5. The Balaban J connectivity index is 2.08. The number of hydrogen-bond acceptors (Lipinski definition) is 3. The van der Waals surface area contributed by atoms with Gasteiger partial charge in [-0.25, -0.2) is 0 Å². The molecule has 0 amide bonds. The number of fused-ring (bicyclic) bond motifs is 1. The van der Waals surface area contributed by atoms with Crippen LogP contribution in [0.25, 0.3) is 11.0 Å². The largest absolute Gasteiger partial charge is 0.476 e. The number of aromatic amines is 1. The second-order valence-corrected chi connectivity index (χ2v) is 5.06. The molecule has 4 heteroatoms. The molecule has 2 aromatic rings. The fourth-order valence-corrected chi connectivity index (χ4v) is 1.37. The first-order valence-electron chi connectivity index (χ1n) is 5.73. The zero-order chi connectivity index (χ0) is 12.5. The highest BCUT2D eigenvalue weighted by molar-refractivity contribution is 5.75. The van der Waals surface area contributed by atoms with Crippen LogP contribution in [0.3, 0.4) is 0 Å². The molecule has 4 nitrogen and oxygen atoms in total. The Hall–Kier alpha value is -1.55. The molecule has 17 heavy (non-hydrogen) atoms. The Morgan fingerprint density at radius 3 is 2.76 bits per heavy atom. The SMILES string of the molecule is CN(C)C(C)(C)COc1ccc2cc[nH]c2n1. The summed E-state index contributed by atoms with van der Waals surface area (Å²) in [6.45, 7) is 4.89. The second-order valence-electron chi connectivity index (χ2n) is 5.06. The standard InChI is InChI=1S/C13H19N3O/c1-13(2,16(3)4)9-17-11-6-5-10-7-8-14-12(10)15-11/h5-8H,9H2,1-4H3,(H,14,15). The van der Waals surface area contributed by atoms with Gasteiger partial charge in [0.25, 0.3) is 0 Å². The van der Waals surface area contributed by atoms with Crippen molar-refractivity contribution in [2.24, 2.45) is 0 Å². The van der Waals surface area contributed by atoms with Crippen molar-refractivity contribution in [3.05, 3.63) is 24.4 Å². The minimum absolute atomic E-state index is 0.00757. The van der Waals surface area contributed by atoms with Crippen LogP contribution in [0.2, 0.25) is 0 Å². The van der Waals surface area contributed by atoms with Crippen LogP contribution in [0, 0.1) is 0 Å². The first kappa shape index (κ1) is 11.9. The van der Waals surface area contributed by atoms with Crippen LogP contribution in [0.4, 0.5) is 0 Å². The maximum atomic E-state index is 5.74. The van der Waals surface area contributed by atoms with E-state index >= 15 is 0 Å². The molecule has 0 aliphatic rings. The van der Waals surface area contributed by atoms with Gasteiger partial charge >= 0.3 is 0 Å². The summed E-state index contributed by atoms with van der Waals surface area (Å²) in [5.41, 5.74) is 0.858. The van der Waals surface area contributed by atoms with E-state index in [2.05, 4.69) is 28.7 Å². The van der Waals surface area contributed by atoms with Gasteiger partial charge in [-0.2, -0.15) is 4.98 Å². The molecule has 2 aromatic heterocycles. The van der Waals surface area contributed by atoms with Gasteiger partial charge in [-0.15, -0.1) is 0 Å². The lowest BCUT2D eigenvalue weighted by Crippen LogP contribution is -2.43. The predicted molar refractivity (Wildman–Crippen MR) is 69.4 cm³/mol. The summed E-state index contributed by atoms with van der Waals surface area (Å²) in [7, 11) is 4.09. The van der Waals surface area contributed by atoms with Crippen molar-refractivity contribution in [1.82, 2.24) is 14.9 Å². The summed E-state index contributed by atoms with van der Waals surface area (Å²) in [6, 6.07) is 5.91. The molecule has 0 atom stereocenters. The number of aromatic nitrogens is 2. The summed E-state index contributed by atoms with van der Waals surface area (Å²) in [4.78, 5) is 9.62. The lowest BCUT2D eigenvalue weighted by molar-refractivity contribution is 0.111. The van der Waals surface area contributed by atoms with Gasteiger partial charge in [-0.3, -0.25) is 0 Å². The average molecular weight is 233 g/mol. The van der Waals surface area contributed by atoms with Crippen molar-refractivity contribution >= 4 is 11.0 Å². The number of likely N-dealkylation sites (N-methyl/N-ethyl adjacent to an activating group) is 1. The fourth-order valence-electron chi connectivity index (χ4n) is 1.37. The van der Waals surface area contributed by atoms with E-state index in [1.807, 2.05) is 38.5 Å². The van der Waals surface area contributed by atoms with E-state index in [0.29, 0.717) is 12.5 Å². The molecule has 0 saturated carbocycles. The molecule has 0 spiro atoms. The number of ether oxygens (including phenoxy) is 1. The molecule has 92 valence electrons. The highest BCUT2D eigenvalue weighted by Gasteiger charge is 2.21. The molecular formula is C13H19N3O. The van der Waals surface area contributed by atoms with Crippen molar-refractivity contribution in [1.29, 1.82) is 0 Å². The molecule has 0 aliphatic heterocycles. The van der Waals surface area contributed by atoms with Crippen LogP contribution in [-0.2, 0) is 0 Å². The Morgan fingerprint density at radius 2 is 2.06 bits per heavy atom. The van der Waals surface area contributed by atoms with Gasteiger partial charge in [0.2, 0.25) is 5.88 Å². The smallest absolute Gasteiger partial charge is 0.215 e. The van der Waals surface area contributed by atoms with Gasteiger partial charge in [0.15, 0.2) is 0 Å². The van der Waals surface area contributed by atoms with E-state index in [9.17, 15) is 0 Å². The quantitative estimate of drug-likeness (QED) is 0.880. The molecule has 0 bridgehead atoms. The van der Waals surface area contributed by atoms with Gasteiger partial charge < -0.3 is 14.6 Å². The van der Waals surface area contributed by atoms with Crippen molar-refractivity contribution in [2.75, 3.05) is 20.7 Å². The van der Waals surface area contributed by atoms with Gasteiger partial charge in [0, 0.05) is 23.2 Å². The van der Waals surface area contributed by atoms with Crippen molar-refractivity contribution in [3.63, 3.8) is 0 Å². The van der Waals surface area contributed by atoms with Crippen LogP contribution in [0.5, 0.6) is 5.88 Å². The van der Waals surface area contributed by atoms with E-state index < -0.39 is 0 Å².